The highest BCUT2D eigenvalue weighted by molar-refractivity contribution is 9.10. The summed E-state index contributed by atoms with van der Waals surface area (Å²) >= 11 is 3.61. The number of aromatic amines is 1. The van der Waals surface area contributed by atoms with Crippen LogP contribution in [0, 0.1) is 0 Å². The van der Waals surface area contributed by atoms with Crippen LogP contribution >= 0.6 is 15.9 Å². The lowest BCUT2D eigenvalue weighted by atomic mass is 9.89. The summed E-state index contributed by atoms with van der Waals surface area (Å²) < 4.78 is 11.8. The maximum atomic E-state index is 12.5. The minimum absolute atomic E-state index is 0.0729. The third-order valence-electron chi connectivity index (χ3n) is 4.44. The molecular weight excluding hydrogens is 374 g/mol. The smallest absolute Gasteiger partial charge is 0.251 e. The Kier molecular flexibility index (Phi) is 4.39. The summed E-state index contributed by atoms with van der Waals surface area (Å²) in [6.07, 6.45) is 3.64. The molecule has 2 heterocycles. The van der Waals surface area contributed by atoms with Gasteiger partial charge in [0.2, 0.25) is 0 Å². The summed E-state index contributed by atoms with van der Waals surface area (Å²) in [7, 11) is 0. The third kappa shape index (κ3) is 2.99. The number of benzene rings is 1. The third-order valence-corrected chi connectivity index (χ3v) is 5.07. The summed E-state index contributed by atoms with van der Waals surface area (Å²) in [5.41, 5.74) is 5.18. The highest BCUT2D eigenvalue weighted by Crippen LogP contribution is 2.38. The summed E-state index contributed by atoms with van der Waals surface area (Å²) in [4.78, 5) is 12.5. The SMILES string of the molecule is O=C(NC[C@@H]1COCCO1)c1cc(Br)c2c(c1)CCc1cn[nH]c1-2. The second-order valence-electron chi connectivity index (χ2n) is 6.04. The monoisotopic (exact) mass is 391 g/mol. The Bertz CT molecular complexity index is 768. The summed E-state index contributed by atoms with van der Waals surface area (Å²) in [6.45, 7) is 2.18. The number of rotatable bonds is 3. The van der Waals surface area contributed by atoms with Crippen LogP contribution < -0.4 is 5.32 Å². The average molecular weight is 392 g/mol. The summed E-state index contributed by atoms with van der Waals surface area (Å²) in [5, 5.41) is 10.1. The molecule has 6 nitrogen and oxygen atoms in total. The number of H-pyrrole nitrogens is 1. The van der Waals surface area contributed by atoms with Crippen molar-refractivity contribution in [1.29, 1.82) is 0 Å². The van der Waals surface area contributed by atoms with E-state index < -0.39 is 0 Å². The Morgan fingerprint density at radius 1 is 1.33 bits per heavy atom. The van der Waals surface area contributed by atoms with Gasteiger partial charge in [-0.25, -0.2) is 0 Å². The lowest BCUT2D eigenvalue weighted by Crippen LogP contribution is -2.39. The van der Waals surface area contributed by atoms with E-state index in [0.717, 1.165) is 34.1 Å². The number of aromatic nitrogens is 2. The van der Waals surface area contributed by atoms with E-state index in [4.69, 9.17) is 9.47 Å². The summed E-state index contributed by atoms with van der Waals surface area (Å²) in [5.74, 6) is -0.0944. The van der Waals surface area contributed by atoms with Crippen LogP contribution in [0.3, 0.4) is 0 Å². The molecule has 2 aromatic rings. The molecule has 126 valence electrons. The van der Waals surface area contributed by atoms with Gasteiger partial charge >= 0.3 is 0 Å². The zero-order valence-corrected chi connectivity index (χ0v) is 14.7. The second-order valence-corrected chi connectivity index (χ2v) is 6.89. The standard InChI is InChI=1S/C17H18BrN3O3/c18-14-6-12(17(22)19-8-13-9-23-3-4-24-13)5-10-1-2-11-7-20-21-16(11)15(10)14/h5-7,13H,1-4,8-9H2,(H,19,22)(H,20,21)/t13-/m1/s1. The zero-order valence-electron chi connectivity index (χ0n) is 13.1. The molecule has 1 amide bonds. The van der Waals surface area contributed by atoms with Gasteiger partial charge in [-0.05, 0) is 36.1 Å². The molecule has 1 fully saturated rings. The first-order chi connectivity index (χ1) is 11.7. The molecule has 7 heteroatoms. The molecule has 0 radical (unpaired) electrons. The van der Waals surface area contributed by atoms with Crippen molar-refractivity contribution in [3.63, 3.8) is 0 Å². The fraction of sp³-hybridized carbons (Fsp3) is 0.412. The molecule has 2 aliphatic rings. The highest BCUT2D eigenvalue weighted by atomic mass is 79.9. The van der Waals surface area contributed by atoms with Gasteiger partial charge in [-0.15, -0.1) is 0 Å². The minimum Gasteiger partial charge on any atom is -0.376 e. The van der Waals surface area contributed by atoms with Gasteiger partial charge < -0.3 is 14.8 Å². The van der Waals surface area contributed by atoms with E-state index >= 15 is 0 Å². The normalized spacial score (nSPS) is 19.5. The van der Waals surface area contributed by atoms with E-state index in [9.17, 15) is 4.79 Å². The molecule has 1 aromatic heterocycles. The van der Waals surface area contributed by atoms with Crippen molar-refractivity contribution in [3.05, 3.63) is 39.5 Å². The van der Waals surface area contributed by atoms with Crippen LogP contribution in [0.4, 0.5) is 0 Å². The van der Waals surface area contributed by atoms with E-state index in [2.05, 4.69) is 31.4 Å². The van der Waals surface area contributed by atoms with E-state index in [-0.39, 0.29) is 12.0 Å². The molecule has 1 aliphatic carbocycles. The van der Waals surface area contributed by atoms with Crippen molar-refractivity contribution >= 4 is 21.8 Å². The Labute approximate surface area is 148 Å². The lowest BCUT2D eigenvalue weighted by Gasteiger charge is -2.23. The largest absolute Gasteiger partial charge is 0.376 e. The highest BCUT2D eigenvalue weighted by Gasteiger charge is 2.23. The van der Waals surface area contributed by atoms with Crippen LogP contribution in [0.1, 0.15) is 21.5 Å². The molecule has 0 unspecified atom stereocenters. The number of hydrogen-bond donors (Lipinski definition) is 2. The van der Waals surface area contributed by atoms with Gasteiger partial charge in [0.25, 0.3) is 5.91 Å². The van der Waals surface area contributed by atoms with Crippen LogP contribution in [-0.4, -0.2) is 48.6 Å². The molecule has 1 aliphatic heterocycles. The second kappa shape index (κ2) is 6.66. The molecule has 1 saturated heterocycles. The van der Waals surface area contributed by atoms with E-state index in [0.29, 0.717) is 31.9 Å². The number of carbonyl (C=O) groups is 1. The van der Waals surface area contributed by atoms with Crippen LogP contribution in [-0.2, 0) is 22.3 Å². The number of halogens is 1. The molecule has 0 bridgehead atoms. The first-order valence-corrected chi connectivity index (χ1v) is 8.84. The Hall–Kier alpha value is -1.70. The van der Waals surface area contributed by atoms with Crippen molar-refractivity contribution in [2.75, 3.05) is 26.4 Å². The van der Waals surface area contributed by atoms with E-state index in [1.807, 2.05) is 18.3 Å². The van der Waals surface area contributed by atoms with Gasteiger partial charge in [0.1, 0.15) is 0 Å². The Morgan fingerprint density at radius 2 is 2.21 bits per heavy atom. The molecule has 4 rings (SSSR count). The Morgan fingerprint density at radius 3 is 3.04 bits per heavy atom. The van der Waals surface area contributed by atoms with E-state index in [1.165, 1.54) is 5.56 Å². The molecule has 0 spiro atoms. The molecule has 0 saturated carbocycles. The van der Waals surface area contributed by atoms with Crippen molar-refractivity contribution < 1.29 is 14.3 Å². The van der Waals surface area contributed by atoms with E-state index in [1.54, 1.807) is 0 Å². The number of amides is 1. The summed E-state index contributed by atoms with van der Waals surface area (Å²) in [6, 6.07) is 3.83. The fourth-order valence-corrected chi connectivity index (χ4v) is 3.92. The maximum Gasteiger partial charge on any atom is 0.251 e. The maximum absolute atomic E-state index is 12.5. The van der Waals surface area contributed by atoms with Crippen molar-refractivity contribution in [1.82, 2.24) is 15.5 Å². The van der Waals surface area contributed by atoms with Gasteiger partial charge in [0.15, 0.2) is 0 Å². The van der Waals surface area contributed by atoms with Crippen molar-refractivity contribution in [3.8, 4) is 11.3 Å². The predicted octanol–water partition coefficient (Wildman–Crippen LogP) is 2.08. The van der Waals surface area contributed by atoms with Gasteiger partial charge in [-0.1, -0.05) is 15.9 Å². The first-order valence-electron chi connectivity index (χ1n) is 8.05. The van der Waals surface area contributed by atoms with Crippen LogP contribution in [0.25, 0.3) is 11.3 Å². The average Bonchev–Trinajstić information content (AvgIpc) is 3.08. The number of nitrogens with zero attached hydrogens (tertiary/aromatic N) is 1. The number of hydrogen-bond acceptors (Lipinski definition) is 4. The lowest BCUT2D eigenvalue weighted by molar-refractivity contribution is -0.0855. The van der Waals surface area contributed by atoms with Crippen molar-refractivity contribution in [2.45, 2.75) is 18.9 Å². The number of fused-ring (bicyclic) bond motifs is 3. The van der Waals surface area contributed by atoms with Crippen LogP contribution in [0.5, 0.6) is 0 Å². The topological polar surface area (TPSA) is 76.2 Å². The molecule has 1 aromatic carbocycles. The van der Waals surface area contributed by atoms with Gasteiger partial charge in [-0.3, -0.25) is 9.89 Å². The van der Waals surface area contributed by atoms with Gasteiger partial charge in [-0.2, -0.15) is 5.10 Å². The minimum atomic E-state index is -0.0944. The van der Waals surface area contributed by atoms with Crippen molar-refractivity contribution in [2.24, 2.45) is 0 Å². The van der Waals surface area contributed by atoms with Crippen LogP contribution in [0.2, 0.25) is 0 Å². The molecule has 1 atom stereocenters. The molecule has 24 heavy (non-hydrogen) atoms. The quantitative estimate of drug-likeness (QED) is 0.839. The predicted molar refractivity (Wildman–Crippen MR) is 92.0 cm³/mol. The zero-order chi connectivity index (χ0) is 16.5. The van der Waals surface area contributed by atoms with Crippen LogP contribution in [0.15, 0.2) is 22.8 Å². The number of aryl methyl sites for hydroxylation is 2. The first kappa shape index (κ1) is 15.8. The van der Waals surface area contributed by atoms with Gasteiger partial charge in [0.05, 0.1) is 37.8 Å². The Balaban J connectivity index is 1.52. The number of nitrogens with one attached hydrogen (secondary N) is 2. The molecule has 2 N–H and O–H groups in total. The molecular formula is C17H18BrN3O3. The number of ether oxygens (including phenoxy) is 2. The number of carbonyl (C=O) groups excluding carboxylic acids is 1. The van der Waals surface area contributed by atoms with Gasteiger partial charge in [0, 0.05) is 22.1 Å². The fourth-order valence-electron chi connectivity index (χ4n) is 3.22.